The van der Waals surface area contributed by atoms with E-state index in [0.29, 0.717) is 5.82 Å². The second-order valence-electron chi connectivity index (χ2n) is 21.1. The molecule has 0 bridgehead atoms. The summed E-state index contributed by atoms with van der Waals surface area (Å²) >= 11 is 0. The number of pyridine rings is 1. The molecule has 0 amide bonds. The molecule has 0 saturated heterocycles. The monoisotopic (exact) mass is 981 g/mol. The third-order valence-electron chi connectivity index (χ3n) is 16.5. The summed E-state index contributed by atoms with van der Waals surface area (Å²) in [5, 5.41) is 12.5. The van der Waals surface area contributed by atoms with E-state index in [1.807, 2.05) is 18.3 Å². The van der Waals surface area contributed by atoms with Gasteiger partial charge in [0, 0.05) is 66.8 Å². The Morgan fingerprint density at radius 3 is 1.52 bits per heavy atom. The number of rotatable bonds is 6. The third-order valence-corrected chi connectivity index (χ3v) is 16.5. The molecule has 5 nitrogen and oxygen atoms in total. The normalized spacial score (nSPS) is 12.9. The Balaban J connectivity index is 0.876. The van der Waals surface area contributed by atoms with Crippen LogP contribution in [0.3, 0.4) is 0 Å². The maximum atomic E-state index is 5.26. The van der Waals surface area contributed by atoms with Gasteiger partial charge in [-0.05, 0) is 127 Å². The molecule has 77 heavy (non-hydrogen) atoms. The molecule has 11 aromatic carbocycles. The lowest BCUT2D eigenvalue weighted by Crippen LogP contribution is -2.15. The van der Waals surface area contributed by atoms with Crippen molar-refractivity contribution >= 4 is 75.9 Å². The maximum Gasteiger partial charge on any atom is 0.160 e. The highest BCUT2D eigenvalue weighted by atomic mass is 15.0. The van der Waals surface area contributed by atoms with Crippen molar-refractivity contribution < 1.29 is 0 Å². The van der Waals surface area contributed by atoms with Gasteiger partial charge >= 0.3 is 0 Å². The highest BCUT2D eigenvalue weighted by molar-refractivity contribution is 6.26. The minimum Gasteiger partial charge on any atom is -0.309 e. The Morgan fingerprint density at radius 1 is 0.325 bits per heavy atom. The predicted octanol–water partition coefficient (Wildman–Crippen LogP) is 18.5. The van der Waals surface area contributed by atoms with Crippen LogP contribution in [0, 0.1) is 0 Å². The van der Waals surface area contributed by atoms with Crippen molar-refractivity contribution in [1.82, 2.24) is 24.1 Å². The van der Waals surface area contributed by atoms with Crippen molar-refractivity contribution in [3.63, 3.8) is 0 Å². The van der Waals surface area contributed by atoms with Crippen LogP contribution in [-0.2, 0) is 5.41 Å². The van der Waals surface area contributed by atoms with Gasteiger partial charge in [-0.2, -0.15) is 0 Å². The second kappa shape index (κ2) is 16.5. The van der Waals surface area contributed by atoms with Crippen molar-refractivity contribution in [3.05, 3.63) is 260 Å². The number of fused-ring (bicyclic) bond motifs is 15. The Kier molecular flexibility index (Phi) is 9.32. The quantitative estimate of drug-likeness (QED) is 0.156. The van der Waals surface area contributed by atoms with Crippen LogP contribution < -0.4 is 0 Å². The third kappa shape index (κ3) is 6.50. The molecule has 0 N–H and O–H groups in total. The van der Waals surface area contributed by atoms with Crippen LogP contribution in [0.15, 0.2) is 249 Å². The zero-order valence-corrected chi connectivity index (χ0v) is 42.4. The summed E-state index contributed by atoms with van der Waals surface area (Å²) in [5.74, 6) is 0.672. The molecule has 0 fully saturated rings. The van der Waals surface area contributed by atoms with Crippen LogP contribution >= 0.6 is 0 Å². The average Bonchev–Trinajstić information content (AvgIpc) is 4.24. The van der Waals surface area contributed by atoms with Gasteiger partial charge in [-0.25, -0.2) is 9.97 Å². The van der Waals surface area contributed by atoms with Crippen molar-refractivity contribution in [2.24, 2.45) is 0 Å². The van der Waals surface area contributed by atoms with Gasteiger partial charge in [0.25, 0.3) is 0 Å². The first-order valence-corrected chi connectivity index (χ1v) is 26.5. The highest BCUT2D eigenvalue weighted by Gasteiger charge is 2.37. The van der Waals surface area contributed by atoms with Crippen molar-refractivity contribution in [3.8, 4) is 67.7 Å². The summed E-state index contributed by atoms with van der Waals surface area (Å²) in [7, 11) is 0. The van der Waals surface area contributed by atoms with Crippen LogP contribution in [0.25, 0.3) is 144 Å². The lowest BCUT2D eigenvalue weighted by atomic mass is 9.81. The summed E-state index contributed by atoms with van der Waals surface area (Å²) in [5.41, 5.74) is 18.6. The van der Waals surface area contributed by atoms with Crippen LogP contribution in [-0.4, -0.2) is 24.1 Å². The molecule has 0 spiro atoms. The molecule has 15 aromatic rings. The molecule has 0 unspecified atom stereocenters. The molecule has 1 aliphatic rings. The van der Waals surface area contributed by atoms with E-state index in [2.05, 4.69) is 254 Å². The smallest absolute Gasteiger partial charge is 0.160 e. The van der Waals surface area contributed by atoms with Crippen molar-refractivity contribution in [2.45, 2.75) is 19.3 Å². The number of para-hydroxylation sites is 2. The first-order valence-electron chi connectivity index (χ1n) is 26.5. The van der Waals surface area contributed by atoms with E-state index in [4.69, 9.17) is 15.0 Å². The maximum absolute atomic E-state index is 5.26. The van der Waals surface area contributed by atoms with E-state index >= 15 is 0 Å². The minimum absolute atomic E-state index is 0.236. The number of nitrogens with zero attached hydrogens (tertiary/aromatic N) is 5. The fraction of sp³-hybridized carbons (Fsp3) is 0.0417. The summed E-state index contributed by atoms with van der Waals surface area (Å²) in [4.78, 5) is 15.7. The molecular formula is C72H47N5. The lowest BCUT2D eigenvalue weighted by Gasteiger charge is -2.22. The molecule has 4 aromatic heterocycles. The molecule has 16 rings (SSSR count). The van der Waals surface area contributed by atoms with Gasteiger partial charge < -0.3 is 9.13 Å². The SMILES string of the molecule is CC1(C)c2cc3c4ccccc4c4ccccc4c3cc2-c2cc3c4ccc(-c5nccc6c5c5ccccc5n6-c5cccc(-c6nc(-c7ccccc7)cc(-c7ccccc7)n6)c5)cc4n(-c4ccccc4)c3cc21. The topological polar surface area (TPSA) is 48.5 Å². The van der Waals surface area contributed by atoms with Crippen LogP contribution in [0.4, 0.5) is 0 Å². The predicted molar refractivity (Wildman–Crippen MR) is 320 cm³/mol. The molecule has 5 heteroatoms. The van der Waals surface area contributed by atoms with E-state index in [0.717, 1.165) is 78.0 Å². The van der Waals surface area contributed by atoms with E-state index in [1.165, 1.54) is 70.9 Å². The van der Waals surface area contributed by atoms with Crippen molar-refractivity contribution in [2.75, 3.05) is 0 Å². The Hall–Kier alpha value is -9.97. The van der Waals surface area contributed by atoms with Gasteiger partial charge in [-0.1, -0.05) is 184 Å². The summed E-state index contributed by atoms with van der Waals surface area (Å²) in [6.45, 7) is 4.81. The van der Waals surface area contributed by atoms with E-state index in [1.54, 1.807) is 0 Å². The Labute approximate surface area is 444 Å². The fourth-order valence-electron chi connectivity index (χ4n) is 12.9. The highest BCUT2D eigenvalue weighted by Crippen LogP contribution is 2.54. The van der Waals surface area contributed by atoms with Gasteiger partial charge in [-0.15, -0.1) is 0 Å². The van der Waals surface area contributed by atoms with E-state index < -0.39 is 0 Å². The van der Waals surface area contributed by atoms with E-state index in [9.17, 15) is 0 Å². The molecule has 0 radical (unpaired) electrons. The first-order chi connectivity index (χ1) is 37.9. The molecule has 360 valence electrons. The number of aromatic nitrogens is 5. The van der Waals surface area contributed by atoms with Crippen molar-refractivity contribution in [1.29, 1.82) is 0 Å². The number of hydrogen-bond acceptors (Lipinski definition) is 3. The van der Waals surface area contributed by atoms with Gasteiger partial charge in [0.1, 0.15) is 0 Å². The number of hydrogen-bond donors (Lipinski definition) is 0. The van der Waals surface area contributed by atoms with Gasteiger partial charge in [0.15, 0.2) is 5.82 Å². The average molecular weight is 982 g/mol. The lowest BCUT2D eigenvalue weighted by molar-refractivity contribution is 0.662. The Bertz CT molecular complexity index is 4880. The van der Waals surface area contributed by atoms with Gasteiger partial charge in [0.05, 0.1) is 39.1 Å². The molecule has 0 aliphatic heterocycles. The first kappa shape index (κ1) is 43.4. The number of benzene rings is 11. The molecular weight excluding hydrogens is 935 g/mol. The van der Waals surface area contributed by atoms with Gasteiger partial charge in [0.2, 0.25) is 0 Å². The minimum atomic E-state index is -0.236. The Morgan fingerprint density at radius 2 is 0.844 bits per heavy atom. The largest absolute Gasteiger partial charge is 0.309 e. The van der Waals surface area contributed by atoms with Gasteiger partial charge in [-0.3, -0.25) is 4.98 Å². The van der Waals surface area contributed by atoms with Crippen LogP contribution in [0.5, 0.6) is 0 Å². The fourth-order valence-corrected chi connectivity index (χ4v) is 12.9. The summed E-state index contributed by atoms with van der Waals surface area (Å²) in [6.07, 6.45) is 1.96. The zero-order chi connectivity index (χ0) is 50.9. The molecule has 0 atom stereocenters. The zero-order valence-electron chi connectivity index (χ0n) is 42.4. The van der Waals surface area contributed by atoms with E-state index in [-0.39, 0.29) is 5.41 Å². The van der Waals surface area contributed by atoms with Crippen LogP contribution in [0.1, 0.15) is 25.0 Å². The van der Waals surface area contributed by atoms with Crippen LogP contribution in [0.2, 0.25) is 0 Å². The standard InChI is InChI=1S/C72H47N5/c1-72(2)61-41-57-53-30-15-13-28-51(53)50-27-12-14-29-52(50)56(57)39-58(61)59-40-60-54-34-33-46(38-67(54)76(68(60)42-62(59)72)48-24-10-5-11-25-48)70-69-55-31-16-17-32-65(55)77(66(69)35-36-73-70)49-26-18-23-47(37-49)71-74-63(44-19-6-3-7-20-44)43-64(75-71)45-21-8-4-9-22-45/h3-43H,1-2H3. The molecule has 1 aliphatic carbocycles. The summed E-state index contributed by atoms with van der Waals surface area (Å²) < 4.78 is 4.84. The second-order valence-corrected chi connectivity index (χ2v) is 21.1. The summed E-state index contributed by atoms with van der Waals surface area (Å²) in [6, 6.07) is 87.9. The molecule has 0 saturated carbocycles. The molecule has 4 heterocycles.